The molecule has 5 aliphatic rings. The highest BCUT2D eigenvalue weighted by atomic mass is 16.5. The summed E-state index contributed by atoms with van der Waals surface area (Å²) in [7, 11) is 0. The number of hydrogen-bond acceptors (Lipinski definition) is 11. The number of benzene rings is 5. The van der Waals surface area contributed by atoms with E-state index < -0.39 is 17.9 Å². The highest BCUT2D eigenvalue weighted by Crippen LogP contribution is 2.69. The molecule has 68 heavy (non-hydrogen) atoms. The number of phenolic OH excluding ortho intramolecular Hbond substituents is 6. The van der Waals surface area contributed by atoms with E-state index in [4.69, 9.17) is 15.2 Å². The van der Waals surface area contributed by atoms with E-state index in [1.807, 2.05) is 6.07 Å². The number of aromatic hydroxyl groups is 6. The minimum atomic E-state index is -1.06. The van der Waals surface area contributed by atoms with E-state index >= 15 is 0 Å². The van der Waals surface area contributed by atoms with Gasteiger partial charge in [-0.2, -0.15) is 0 Å². The van der Waals surface area contributed by atoms with Gasteiger partial charge in [0.25, 0.3) is 0 Å². The van der Waals surface area contributed by atoms with E-state index in [2.05, 4.69) is 37.3 Å². The number of rotatable bonds is 17. The van der Waals surface area contributed by atoms with Crippen molar-refractivity contribution >= 4 is 5.78 Å². The van der Waals surface area contributed by atoms with Crippen LogP contribution in [0.5, 0.6) is 46.0 Å². The molecule has 3 saturated carbocycles. The van der Waals surface area contributed by atoms with Crippen molar-refractivity contribution in [1.29, 1.82) is 0 Å². The summed E-state index contributed by atoms with van der Waals surface area (Å²) in [5, 5.41) is 79.1. The van der Waals surface area contributed by atoms with Crippen LogP contribution in [0.1, 0.15) is 123 Å². The molecule has 3 fully saturated rings. The number of aliphatic hydroxyl groups excluding tert-OH is 1. The number of nitrogens with two attached hydrogens (primary N) is 1. The number of hydrogen-bond donors (Lipinski definition) is 8. The fourth-order valence-corrected chi connectivity index (χ4v) is 13.6. The van der Waals surface area contributed by atoms with Crippen molar-refractivity contribution < 1.29 is 50.0 Å². The summed E-state index contributed by atoms with van der Waals surface area (Å²) in [6, 6.07) is 28.9. The van der Waals surface area contributed by atoms with Crippen molar-refractivity contribution in [3.05, 3.63) is 130 Å². The normalized spacial score (nSPS) is 27.2. The summed E-state index contributed by atoms with van der Waals surface area (Å²) in [6.07, 6.45) is 9.22. The fourth-order valence-electron chi connectivity index (χ4n) is 13.6. The molecule has 11 nitrogen and oxygen atoms in total. The molecule has 360 valence electrons. The third-order valence-corrected chi connectivity index (χ3v) is 16.6. The molecule has 10 rings (SSSR count). The minimum absolute atomic E-state index is 0.0133. The Morgan fingerprint density at radius 1 is 0.794 bits per heavy atom. The van der Waals surface area contributed by atoms with Crippen LogP contribution in [-0.4, -0.2) is 54.4 Å². The van der Waals surface area contributed by atoms with Gasteiger partial charge in [0.2, 0.25) is 5.75 Å². The Bertz CT molecular complexity index is 2580. The average Bonchev–Trinajstić information content (AvgIpc) is 3.61. The van der Waals surface area contributed by atoms with Gasteiger partial charge in [0.05, 0.1) is 6.10 Å². The molecule has 11 heteroatoms. The van der Waals surface area contributed by atoms with Crippen molar-refractivity contribution in [2.24, 2.45) is 41.2 Å². The lowest BCUT2D eigenvalue weighted by atomic mass is 9.52. The molecule has 0 spiro atoms. The first-order valence-electron chi connectivity index (χ1n) is 24.8. The lowest BCUT2D eigenvalue weighted by Gasteiger charge is -2.52. The van der Waals surface area contributed by atoms with Crippen molar-refractivity contribution in [2.45, 2.75) is 120 Å². The third kappa shape index (κ3) is 9.19. The molecule has 5 aromatic carbocycles. The number of fused-ring (bicyclic) bond motifs is 1. The average molecular weight is 926 g/mol. The molecular weight excluding hydrogens is 859 g/mol. The second-order valence-electron chi connectivity index (χ2n) is 20.4. The summed E-state index contributed by atoms with van der Waals surface area (Å²) in [5.41, 5.74) is 10.4. The van der Waals surface area contributed by atoms with E-state index in [0.717, 1.165) is 55.2 Å². The first-order valence-corrected chi connectivity index (χ1v) is 24.8. The number of carbonyl (C=O) groups is 1. The van der Waals surface area contributed by atoms with Gasteiger partial charge >= 0.3 is 0 Å². The van der Waals surface area contributed by atoms with Crippen LogP contribution in [0.15, 0.2) is 97.1 Å². The van der Waals surface area contributed by atoms with Gasteiger partial charge in [-0.15, -0.1) is 0 Å². The Morgan fingerprint density at radius 2 is 1.60 bits per heavy atom. The Hall–Kier alpha value is -5.91. The first kappa shape index (κ1) is 47.2. The number of aliphatic hydroxyl groups is 1. The maximum absolute atomic E-state index is 14.9. The number of ether oxygens (including phenoxy) is 2. The Labute approximate surface area is 399 Å². The molecule has 0 unspecified atom stereocenters. The smallest absolute Gasteiger partial charge is 0.200 e. The van der Waals surface area contributed by atoms with E-state index in [1.165, 1.54) is 30.5 Å². The largest absolute Gasteiger partial charge is 0.508 e. The van der Waals surface area contributed by atoms with Gasteiger partial charge in [0.15, 0.2) is 23.0 Å². The Balaban J connectivity index is 1.18. The van der Waals surface area contributed by atoms with Crippen molar-refractivity contribution in [2.75, 3.05) is 6.73 Å². The number of ketones is 1. The molecule has 0 heterocycles. The number of carbonyl (C=O) groups excluding carboxylic acids is 1. The molecule has 5 aromatic rings. The molecule has 5 aliphatic carbocycles. The standard InChI is InChI=1S/C57H67NO10/c1-2-3-5-9-34-20-21-57(30-34,39-11-6-4-7-12-39)45-27-38-26-42-37(24-36-16-17-41(60)28-48(36)63)25-43(46(61)18-14-33-15-19-47(62)50(23-33)68-32-58)54(65)53(42)52(45)44-29-49(64)55(66)56(51(38)44)67-31-35-10-8-13-40(59)22-35/h4,6-8,10-13,15-17,19,22-23,28-29,34,37-38,42-43,45,52-54,59-60,62-66H,2-3,5,9,14,18,20-21,24-27,30-32,58H2,1H3/t34-,37+,38-,42+,43-,45-,52-,53+,54-,57+/m0/s1. The number of Topliss-reactive ketones (excluding diaryl/α,β-unsaturated/α-hetero) is 1. The molecule has 0 aromatic heterocycles. The molecule has 0 saturated heterocycles. The van der Waals surface area contributed by atoms with Gasteiger partial charge in [-0.25, -0.2) is 0 Å². The second kappa shape index (κ2) is 20.0. The molecule has 9 N–H and O–H groups in total. The van der Waals surface area contributed by atoms with Crippen molar-refractivity contribution in [3.63, 3.8) is 0 Å². The van der Waals surface area contributed by atoms with Crippen LogP contribution in [0.3, 0.4) is 0 Å². The minimum Gasteiger partial charge on any atom is -0.508 e. The predicted octanol–water partition coefficient (Wildman–Crippen LogP) is 10.4. The highest BCUT2D eigenvalue weighted by Gasteiger charge is 2.61. The molecular formula is C57H67NO10. The number of phenols is 6. The van der Waals surface area contributed by atoms with E-state index in [-0.39, 0.29) is 107 Å². The lowest BCUT2D eigenvalue weighted by molar-refractivity contribution is -0.136. The van der Waals surface area contributed by atoms with Gasteiger partial charge in [-0.1, -0.05) is 87.2 Å². The zero-order valence-electron chi connectivity index (χ0n) is 39.0. The summed E-state index contributed by atoms with van der Waals surface area (Å²) in [4.78, 5) is 14.9. The first-order chi connectivity index (χ1) is 32.9. The SMILES string of the molecule is CCCCC[C@H]1CC[C@@](c2ccccc2)([C@H]2C[C@@H]3C[C@@H]4[C@H](Cc5ccc(O)cc5O)C[C@@H](C(=O)CCc5ccc(O)c(OCN)c5)[C@H](O)[C@H]4[C@H]2c2cc(O)c(O)c(OCc4cccc(O)c4)c23)C1. The van der Waals surface area contributed by atoms with E-state index in [9.17, 15) is 40.5 Å². The van der Waals surface area contributed by atoms with Crippen molar-refractivity contribution in [3.8, 4) is 46.0 Å². The maximum atomic E-state index is 14.9. The van der Waals surface area contributed by atoms with Crippen LogP contribution in [0.4, 0.5) is 0 Å². The maximum Gasteiger partial charge on any atom is 0.200 e. The monoisotopic (exact) mass is 925 g/mol. The van der Waals surface area contributed by atoms with Crippen molar-refractivity contribution in [1.82, 2.24) is 0 Å². The van der Waals surface area contributed by atoms with Gasteiger partial charge in [0.1, 0.15) is 36.4 Å². The quantitative estimate of drug-likeness (QED) is 0.0250. The molecule has 0 radical (unpaired) electrons. The van der Waals surface area contributed by atoms with E-state index in [0.29, 0.717) is 42.7 Å². The van der Waals surface area contributed by atoms with Crippen LogP contribution < -0.4 is 15.2 Å². The van der Waals surface area contributed by atoms with E-state index in [1.54, 1.807) is 48.5 Å². The molecule has 2 bridgehead atoms. The Kier molecular flexibility index (Phi) is 13.9. The highest BCUT2D eigenvalue weighted by molar-refractivity contribution is 5.82. The summed E-state index contributed by atoms with van der Waals surface area (Å²) < 4.78 is 12.0. The van der Waals surface area contributed by atoms with Crippen LogP contribution >= 0.6 is 0 Å². The van der Waals surface area contributed by atoms with Gasteiger partial charge in [-0.05, 0) is 162 Å². The lowest BCUT2D eigenvalue weighted by Crippen LogP contribution is -2.51. The van der Waals surface area contributed by atoms with Gasteiger partial charge in [0, 0.05) is 24.0 Å². The summed E-state index contributed by atoms with van der Waals surface area (Å²) in [6.45, 7) is 2.14. The molecule has 10 atom stereocenters. The zero-order chi connectivity index (χ0) is 47.7. The number of unbranched alkanes of at least 4 members (excludes halogenated alkanes) is 2. The summed E-state index contributed by atoms with van der Waals surface area (Å²) >= 11 is 0. The van der Waals surface area contributed by atoms with Gasteiger partial charge in [-0.3, -0.25) is 10.5 Å². The topological polar surface area (TPSA) is 203 Å². The molecule has 0 amide bonds. The zero-order valence-corrected chi connectivity index (χ0v) is 39.0. The molecule has 0 aliphatic heterocycles. The summed E-state index contributed by atoms with van der Waals surface area (Å²) in [5.74, 6) is -1.94. The van der Waals surface area contributed by atoms with Crippen LogP contribution in [-0.2, 0) is 29.7 Å². The predicted molar refractivity (Wildman–Crippen MR) is 259 cm³/mol. The van der Waals surface area contributed by atoms with Crippen LogP contribution in [0, 0.1) is 35.5 Å². The van der Waals surface area contributed by atoms with Crippen LogP contribution in [0.25, 0.3) is 0 Å². The Morgan fingerprint density at radius 3 is 2.37 bits per heavy atom. The van der Waals surface area contributed by atoms with Gasteiger partial charge < -0.3 is 45.2 Å². The fraction of sp³-hybridized carbons (Fsp3) is 0.456. The third-order valence-electron chi connectivity index (χ3n) is 16.6. The second-order valence-corrected chi connectivity index (χ2v) is 20.4. The van der Waals surface area contributed by atoms with Crippen LogP contribution in [0.2, 0.25) is 0 Å². The number of aryl methyl sites for hydroxylation is 1.